The maximum atomic E-state index is 6.45. The van der Waals surface area contributed by atoms with Crippen LogP contribution >= 0.6 is 104 Å². The first-order valence-corrected chi connectivity index (χ1v) is 9.05. The molecule has 1 aromatic heterocycles. The molecular weight excluding hydrogens is 489 g/mol. The number of nitrogens with zero attached hydrogens (tertiary/aromatic N) is 1. The summed E-state index contributed by atoms with van der Waals surface area (Å²) in [6.45, 7) is 0. The van der Waals surface area contributed by atoms with Crippen molar-refractivity contribution in [2.45, 2.75) is 0 Å². The lowest BCUT2D eigenvalue weighted by Gasteiger charge is -2.14. The van der Waals surface area contributed by atoms with Crippen molar-refractivity contribution < 1.29 is 0 Å². The topological polar surface area (TPSA) is 12.9 Å². The van der Waals surface area contributed by atoms with Gasteiger partial charge in [-0.3, -0.25) is 0 Å². The number of hydrogen-bond donors (Lipinski definition) is 0. The van der Waals surface area contributed by atoms with E-state index in [4.69, 9.17) is 104 Å². The van der Waals surface area contributed by atoms with Gasteiger partial charge in [0.05, 0.1) is 56.2 Å². The van der Waals surface area contributed by atoms with Gasteiger partial charge in [-0.05, 0) is 0 Å². The van der Waals surface area contributed by atoms with E-state index in [0.717, 1.165) is 0 Å². The summed E-state index contributed by atoms with van der Waals surface area (Å²) in [7, 11) is 0. The highest BCUT2D eigenvalue weighted by Crippen LogP contribution is 2.50. The SMILES string of the molecule is Clc1c(Cl)c(Cl)c2c(Cl)c3c(Cl)c(Cl)c(Cl)c(Cl)c3nc2c1Cl. The average Bonchev–Trinajstić information content (AvgIpc) is 2.53. The van der Waals surface area contributed by atoms with Crippen LogP contribution in [-0.4, -0.2) is 4.98 Å². The molecular formula is C13Cl9N. The summed E-state index contributed by atoms with van der Waals surface area (Å²) < 4.78 is 0. The first kappa shape index (κ1) is 18.5. The van der Waals surface area contributed by atoms with Crippen molar-refractivity contribution in [1.29, 1.82) is 0 Å². The Labute approximate surface area is 175 Å². The number of pyridine rings is 1. The number of fused-ring (bicyclic) bond motifs is 2. The molecule has 23 heavy (non-hydrogen) atoms. The van der Waals surface area contributed by atoms with E-state index >= 15 is 0 Å². The Bertz CT molecular complexity index is 935. The van der Waals surface area contributed by atoms with Crippen molar-refractivity contribution in [3.05, 3.63) is 45.2 Å². The Morgan fingerprint density at radius 3 is 1.00 bits per heavy atom. The number of benzene rings is 2. The maximum absolute atomic E-state index is 6.45. The smallest absolute Gasteiger partial charge is 0.0942 e. The zero-order valence-corrected chi connectivity index (χ0v) is 17.2. The molecule has 3 aromatic rings. The zero-order chi connectivity index (χ0) is 17.2. The van der Waals surface area contributed by atoms with Gasteiger partial charge in [0, 0.05) is 10.8 Å². The minimum Gasteiger partial charge on any atom is -0.244 e. The van der Waals surface area contributed by atoms with Gasteiger partial charge in [-0.15, -0.1) is 0 Å². The van der Waals surface area contributed by atoms with Crippen LogP contribution in [0.5, 0.6) is 0 Å². The average molecular weight is 489 g/mol. The molecule has 0 aliphatic rings. The quantitative estimate of drug-likeness (QED) is 0.174. The van der Waals surface area contributed by atoms with Crippen LogP contribution in [0.15, 0.2) is 0 Å². The van der Waals surface area contributed by atoms with Gasteiger partial charge in [-0.2, -0.15) is 0 Å². The first-order chi connectivity index (χ1) is 10.7. The lowest BCUT2D eigenvalue weighted by atomic mass is 10.1. The van der Waals surface area contributed by atoms with E-state index in [0.29, 0.717) is 0 Å². The van der Waals surface area contributed by atoms with Crippen molar-refractivity contribution in [2.75, 3.05) is 0 Å². The van der Waals surface area contributed by atoms with Crippen LogP contribution in [0.4, 0.5) is 0 Å². The predicted molar refractivity (Wildman–Crippen MR) is 104 cm³/mol. The molecule has 1 nitrogen and oxygen atoms in total. The van der Waals surface area contributed by atoms with E-state index in [1.807, 2.05) is 0 Å². The van der Waals surface area contributed by atoms with E-state index in [9.17, 15) is 0 Å². The van der Waals surface area contributed by atoms with Crippen molar-refractivity contribution >= 4 is 126 Å². The molecule has 0 atom stereocenters. The van der Waals surface area contributed by atoms with Gasteiger partial charge in [0.1, 0.15) is 0 Å². The Balaban J connectivity index is 2.73. The van der Waals surface area contributed by atoms with Crippen LogP contribution in [-0.2, 0) is 0 Å². The van der Waals surface area contributed by atoms with E-state index in [1.54, 1.807) is 0 Å². The highest BCUT2D eigenvalue weighted by Gasteiger charge is 2.24. The maximum Gasteiger partial charge on any atom is 0.0942 e. The molecule has 0 saturated heterocycles. The zero-order valence-electron chi connectivity index (χ0n) is 10.3. The molecule has 1 heterocycles. The van der Waals surface area contributed by atoms with Gasteiger partial charge in [-0.1, -0.05) is 104 Å². The number of aromatic nitrogens is 1. The van der Waals surface area contributed by atoms with Crippen LogP contribution in [0, 0.1) is 0 Å². The summed E-state index contributed by atoms with van der Waals surface area (Å²) in [4.78, 5) is 4.36. The summed E-state index contributed by atoms with van der Waals surface area (Å²) in [6, 6.07) is 0. The van der Waals surface area contributed by atoms with Gasteiger partial charge in [0.25, 0.3) is 0 Å². The molecule has 2 aromatic carbocycles. The Hall–Kier alpha value is 0.720. The van der Waals surface area contributed by atoms with Crippen LogP contribution in [0.2, 0.25) is 45.2 Å². The minimum atomic E-state index is 0.0519. The molecule has 0 unspecified atom stereocenters. The molecule has 0 amide bonds. The lowest BCUT2D eigenvalue weighted by Crippen LogP contribution is -1.92. The monoisotopic (exact) mass is 485 g/mol. The molecule has 0 spiro atoms. The molecule has 0 saturated carbocycles. The highest BCUT2D eigenvalue weighted by atomic mass is 35.5. The fourth-order valence-electron chi connectivity index (χ4n) is 2.09. The second-order valence-electron chi connectivity index (χ2n) is 4.38. The van der Waals surface area contributed by atoms with Gasteiger partial charge >= 0.3 is 0 Å². The van der Waals surface area contributed by atoms with E-state index in [1.165, 1.54) is 0 Å². The van der Waals surface area contributed by atoms with Crippen molar-refractivity contribution in [3.63, 3.8) is 0 Å². The standard InChI is InChI=1S/C13Cl9N/c14-3-1-4(15)6(17)8(19)10(21)12(1)23-13-2(3)5(16)7(18)9(20)11(13)22. The predicted octanol–water partition coefficient (Wildman–Crippen LogP) is 9.27. The fourth-order valence-corrected chi connectivity index (χ4v) is 4.51. The van der Waals surface area contributed by atoms with Crippen molar-refractivity contribution in [2.24, 2.45) is 0 Å². The Morgan fingerprint density at radius 2 is 0.652 bits per heavy atom. The third-order valence-electron chi connectivity index (χ3n) is 3.15. The van der Waals surface area contributed by atoms with Crippen LogP contribution in [0.3, 0.4) is 0 Å². The Morgan fingerprint density at radius 1 is 0.348 bits per heavy atom. The van der Waals surface area contributed by atoms with Crippen LogP contribution in [0.1, 0.15) is 0 Å². The summed E-state index contributed by atoms with van der Waals surface area (Å²) >= 11 is 55.6. The minimum absolute atomic E-state index is 0.0519. The summed E-state index contributed by atoms with van der Waals surface area (Å²) in [5, 5.41) is 1.27. The number of hydrogen-bond acceptors (Lipinski definition) is 1. The molecule has 120 valence electrons. The summed E-state index contributed by atoms with van der Waals surface area (Å²) in [5.74, 6) is 0. The Kier molecular flexibility index (Phi) is 5.20. The van der Waals surface area contributed by atoms with Crippen LogP contribution in [0.25, 0.3) is 21.8 Å². The molecule has 0 aliphatic carbocycles. The van der Waals surface area contributed by atoms with Crippen LogP contribution < -0.4 is 0 Å². The second kappa shape index (κ2) is 6.46. The van der Waals surface area contributed by atoms with Gasteiger partial charge < -0.3 is 0 Å². The molecule has 0 radical (unpaired) electrons. The fraction of sp³-hybridized carbons (Fsp3) is 0. The second-order valence-corrected chi connectivity index (χ2v) is 7.79. The lowest BCUT2D eigenvalue weighted by molar-refractivity contribution is 1.49. The summed E-state index contributed by atoms with van der Waals surface area (Å²) in [6.07, 6.45) is 0. The van der Waals surface area contributed by atoms with Gasteiger partial charge in [0.2, 0.25) is 0 Å². The molecule has 3 rings (SSSR count). The number of halogens is 9. The molecule has 0 bridgehead atoms. The molecule has 10 heteroatoms. The first-order valence-electron chi connectivity index (χ1n) is 5.65. The van der Waals surface area contributed by atoms with E-state index < -0.39 is 0 Å². The molecule has 0 aliphatic heterocycles. The third kappa shape index (κ3) is 2.65. The third-order valence-corrected chi connectivity index (χ3v) is 7.11. The van der Waals surface area contributed by atoms with E-state index in [2.05, 4.69) is 4.98 Å². The van der Waals surface area contributed by atoms with Crippen molar-refractivity contribution in [1.82, 2.24) is 4.98 Å². The van der Waals surface area contributed by atoms with Gasteiger partial charge in [-0.25, -0.2) is 4.98 Å². The molecule has 0 fully saturated rings. The van der Waals surface area contributed by atoms with Gasteiger partial charge in [0.15, 0.2) is 0 Å². The molecule has 0 N–H and O–H groups in total. The van der Waals surface area contributed by atoms with E-state index in [-0.39, 0.29) is 67.0 Å². The largest absolute Gasteiger partial charge is 0.244 e. The highest BCUT2D eigenvalue weighted by molar-refractivity contribution is 6.60. The summed E-state index contributed by atoms with van der Waals surface area (Å²) in [5.41, 5.74) is 0.444. The number of rotatable bonds is 0. The van der Waals surface area contributed by atoms with Crippen molar-refractivity contribution in [3.8, 4) is 0 Å². The normalized spacial score (nSPS) is 11.7.